The van der Waals surface area contributed by atoms with Crippen molar-refractivity contribution < 1.29 is 13.9 Å². The van der Waals surface area contributed by atoms with Gasteiger partial charge in [0.15, 0.2) is 0 Å². The van der Waals surface area contributed by atoms with Crippen molar-refractivity contribution in [2.24, 2.45) is 35.5 Å². The third kappa shape index (κ3) is 4.35. The summed E-state index contributed by atoms with van der Waals surface area (Å²) in [6.45, 7) is 7.69. The summed E-state index contributed by atoms with van der Waals surface area (Å²) < 4.78 is 19.7. The Kier molecular flexibility index (Phi) is 6.35. The van der Waals surface area contributed by atoms with Gasteiger partial charge in [-0.2, -0.15) is 0 Å². The number of halogens is 1. The largest absolute Gasteiger partial charge is 0.461 e. The third-order valence-corrected chi connectivity index (χ3v) is 7.15. The van der Waals surface area contributed by atoms with Gasteiger partial charge in [0.1, 0.15) is 12.8 Å². The molecule has 7 atom stereocenters. The molecule has 0 saturated heterocycles. The lowest BCUT2D eigenvalue weighted by Crippen LogP contribution is -2.38. The Balaban J connectivity index is 1.50. The molecule has 0 aliphatic heterocycles. The molecule has 0 spiro atoms. The lowest BCUT2D eigenvalue weighted by atomic mass is 9.61. The molecule has 3 aliphatic carbocycles. The van der Waals surface area contributed by atoms with Gasteiger partial charge in [0.05, 0.1) is 5.92 Å². The number of alkyl halides is 1. The summed E-state index contributed by atoms with van der Waals surface area (Å²) in [6.07, 6.45) is 12.6. The molecule has 3 saturated carbocycles. The van der Waals surface area contributed by atoms with E-state index in [0.29, 0.717) is 30.6 Å². The lowest BCUT2D eigenvalue weighted by Gasteiger charge is -2.45. The summed E-state index contributed by atoms with van der Waals surface area (Å²) in [5, 5.41) is 0. The normalized spacial score (nSPS) is 41.4. The van der Waals surface area contributed by atoms with Crippen LogP contribution in [-0.2, 0) is 9.53 Å². The number of carbonyl (C=O) groups excluding carboxylic acids is 1. The van der Waals surface area contributed by atoms with Crippen molar-refractivity contribution in [3.05, 3.63) is 25.3 Å². The van der Waals surface area contributed by atoms with Gasteiger partial charge in [-0.25, -0.2) is 4.39 Å². The molecular weight excluding hydrogens is 315 g/mol. The predicted molar refractivity (Wildman–Crippen MR) is 98.7 cm³/mol. The maximum atomic E-state index is 14.6. The van der Waals surface area contributed by atoms with Gasteiger partial charge < -0.3 is 4.74 Å². The molecule has 3 rings (SSSR count). The predicted octanol–water partition coefficient (Wildman–Crippen LogP) is 5.49. The summed E-state index contributed by atoms with van der Waals surface area (Å²) >= 11 is 0. The van der Waals surface area contributed by atoms with E-state index in [4.69, 9.17) is 4.74 Å². The topological polar surface area (TPSA) is 26.3 Å². The highest BCUT2D eigenvalue weighted by Gasteiger charge is 2.42. The number of ether oxygens (including phenoxy) is 1. The first-order valence-corrected chi connectivity index (χ1v) is 10.2. The fourth-order valence-corrected chi connectivity index (χ4v) is 5.69. The van der Waals surface area contributed by atoms with Crippen molar-refractivity contribution >= 4 is 5.97 Å². The molecule has 0 amide bonds. The third-order valence-electron chi connectivity index (χ3n) is 7.15. The van der Waals surface area contributed by atoms with Crippen molar-refractivity contribution in [2.45, 2.75) is 64.0 Å². The molecule has 25 heavy (non-hydrogen) atoms. The molecule has 3 fully saturated rings. The van der Waals surface area contributed by atoms with Crippen LogP contribution >= 0.6 is 0 Å². The first kappa shape index (κ1) is 18.7. The number of esters is 1. The highest BCUT2D eigenvalue weighted by atomic mass is 19.1. The van der Waals surface area contributed by atoms with Gasteiger partial charge in [-0.1, -0.05) is 18.7 Å². The van der Waals surface area contributed by atoms with Crippen LogP contribution in [0.4, 0.5) is 4.39 Å². The number of hydrogen-bond acceptors (Lipinski definition) is 2. The Hall–Kier alpha value is -1.12. The fourth-order valence-electron chi connectivity index (χ4n) is 5.69. The maximum Gasteiger partial charge on any atom is 0.312 e. The quantitative estimate of drug-likeness (QED) is 0.485. The summed E-state index contributed by atoms with van der Waals surface area (Å²) in [5.41, 5.74) is 0. The van der Waals surface area contributed by atoms with E-state index in [9.17, 15) is 9.18 Å². The molecule has 0 aromatic carbocycles. The van der Waals surface area contributed by atoms with Gasteiger partial charge in [-0.3, -0.25) is 4.79 Å². The van der Waals surface area contributed by atoms with E-state index < -0.39 is 12.1 Å². The van der Waals surface area contributed by atoms with E-state index in [-0.39, 0.29) is 12.6 Å². The number of hydrogen-bond donors (Lipinski definition) is 0. The average Bonchev–Trinajstić information content (AvgIpc) is 2.65. The van der Waals surface area contributed by atoms with E-state index in [1.165, 1.54) is 44.6 Å². The van der Waals surface area contributed by atoms with Crippen molar-refractivity contribution in [2.75, 3.05) is 6.61 Å². The lowest BCUT2D eigenvalue weighted by molar-refractivity contribution is -0.152. The fraction of sp³-hybridized carbons (Fsp3) is 0.773. The molecule has 0 aromatic rings. The molecule has 140 valence electrons. The SMILES string of the molecule is C=CCOC(=O)C1CCC(C2CCC3CC(C=C)CCC3C2)CC1F. The molecular formula is C22H33FO2. The van der Waals surface area contributed by atoms with Gasteiger partial charge in [0.25, 0.3) is 0 Å². The molecule has 3 aliphatic rings. The van der Waals surface area contributed by atoms with Crippen molar-refractivity contribution in [1.29, 1.82) is 0 Å². The zero-order valence-corrected chi connectivity index (χ0v) is 15.4. The van der Waals surface area contributed by atoms with Crippen LogP contribution in [0.15, 0.2) is 25.3 Å². The van der Waals surface area contributed by atoms with Crippen molar-refractivity contribution in [3.8, 4) is 0 Å². The second-order valence-electron chi connectivity index (χ2n) is 8.52. The minimum Gasteiger partial charge on any atom is -0.461 e. The van der Waals surface area contributed by atoms with Gasteiger partial charge in [0.2, 0.25) is 0 Å². The van der Waals surface area contributed by atoms with Gasteiger partial charge >= 0.3 is 5.97 Å². The number of rotatable bonds is 5. The second-order valence-corrected chi connectivity index (χ2v) is 8.52. The molecule has 0 radical (unpaired) electrons. The zero-order chi connectivity index (χ0) is 17.8. The monoisotopic (exact) mass is 348 g/mol. The van der Waals surface area contributed by atoms with E-state index in [0.717, 1.165) is 18.3 Å². The van der Waals surface area contributed by atoms with Crippen LogP contribution in [-0.4, -0.2) is 18.7 Å². The minimum atomic E-state index is -1.04. The number of allylic oxidation sites excluding steroid dienone is 1. The summed E-state index contributed by atoms with van der Waals surface area (Å²) in [6, 6.07) is 0. The maximum absolute atomic E-state index is 14.6. The standard InChI is InChI=1S/C22H33FO2/c1-3-11-25-22(24)20-10-9-19(14-21(20)23)18-8-7-16-12-15(4-2)5-6-17(16)13-18/h3-4,15-21H,1-2,5-14H2. The molecule has 0 bridgehead atoms. The van der Waals surface area contributed by atoms with Crippen LogP contribution in [0.25, 0.3) is 0 Å². The van der Waals surface area contributed by atoms with E-state index in [1.54, 1.807) is 0 Å². The Morgan fingerprint density at radius 3 is 2.16 bits per heavy atom. The Morgan fingerprint density at radius 2 is 1.52 bits per heavy atom. The highest BCUT2D eigenvalue weighted by Crippen LogP contribution is 2.49. The van der Waals surface area contributed by atoms with Crippen molar-refractivity contribution in [1.82, 2.24) is 0 Å². The number of carbonyl (C=O) groups is 1. The van der Waals surface area contributed by atoms with Crippen molar-refractivity contribution in [3.63, 3.8) is 0 Å². The Labute approximate surface area is 151 Å². The van der Waals surface area contributed by atoms with Crippen LogP contribution in [0.5, 0.6) is 0 Å². The highest BCUT2D eigenvalue weighted by molar-refractivity contribution is 5.73. The van der Waals surface area contributed by atoms with Crippen LogP contribution in [0.2, 0.25) is 0 Å². The van der Waals surface area contributed by atoms with Crippen LogP contribution < -0.4 is 0 Å². The first-order chi connectivity index (χ1) is 12.1. The van der Waals surface area contributed by atoms with Crippen LogP contribution in [0.1, 0.15) is 57.8 Å². The van der Waals surface area contributed by atoms with Crippen LogP contribution in [0, 0.1) is 35.5 Å². The zero-order valence-electron chi connectivity index (χ0n) is 15.4. The van der Waals surface area contributed by atoms with Gasteiger partial charge in [-0.15, -0.1) is 6.58 Å². The molecule has 0 heterocycles. The smallest absolute Gasteiger partial charge is 0.312 e. The van der Waals surface area contributed by atoms with E-state index in [2.05, 4.69) is 19.2 Å². The second kappa shape index (κ2) is 8.51. The summed E-state index contributed by atoms with van der Waals surface area (Å²) in [7, 11) is 0. The van der Waals surface area contributed by atoms with Gasteiger partial charge in [0, 0.05) is 0 Å². The molecule has 3 heteroatoms. The average molecular weight is 349 g/mol. The van der Waals surface area contributed by atoms with Gasteiger partial charge in [-0.05, 0) is 87.4 Å². The molecule has 2 nitrogen and oxygen atoms in total. The minimum absolute atomic E-state index is 0.183. The Bertz CT molecular complexity index is 488. The van der Waals surface area contributed by atoms with Crippen LogP contribution in [0.3, 0.4) is 0 Å². The van der Waals surface area contributed by atoms with E-state index in [1.807, 2.05) is 0 Å². The van der Waals surface area contributed by atoms with E-state index >= 15 is 0 Å². The molecule has 0 N–H and O–H groups in total. The first-order valence-electron chi connectivity index (χ1n) is 10.2. The number of fused-ring (bicyclic) bond motifs is 1. The molecule has 7 unspecified atom stereocenters. The Morgan fingerprint density at radius 1 is 0.920 bits per heavy atom. The summed E-state index contributed by atoms with van der Waals surface area (Å²) in [5.74, 6) is 2.59. The molecule has 0 aromatic heterocycles. The summed E-state index contributed by atoms with van der Waals surface area (Å²) in [4.78, 5) is 12.0.